The Kier molecular flexibility index (Phi) is 4.87. The second kappa shape index (κ2) is 6.42. The average molecular weight is 236 g/mol. The number of benzene rings is 1. The van der Waals surface area contributed by atoms with Crippen molar-refractivity contribution >= 4 is 11.8 Å². The van der Waals surface area contributed by atoms with Crippen LogP contribution < -0.4 is 10.6 Å². The summed E-state index contributed by atoms with van der Waals surface area (Å²) in [5.74, 6) is -1.58. The van der Waals surface area contributed by atoms with Gasteiger partial charge in [-0.2, -0.15) is 0 Å². The molecular formula is C12H13FN2O2. The van der Waals surface area contributed by atoms with E-state index in [1.165, 1.54) is 24.3 Å². The molecule has 1 aromatic rings. The number of nitrogens with one attached hydrogen (secondary N) is 2. The van der Waals surface area contributed by atoms with Crippen molar-refractivity contribution in [2.75, 3.05) is 13.1 Å². The topological polar surface area (TPSA) is 58.2 Å². The maximum Gasteiger partial charge on any atom is 0.254 e. The van der Waals surface area contributed by atoms with Crippen LogP contribution in [0.3, 0.4) is 0 Å². The van der Waals surface area contributed by atoms with Crippen molar-refractivity contribution in [1.29, 1.82) is 0 Å². The SMILES string of the molecule is C=CCNC(=O)CNC(=O)c1ccccc1F. The molecule has 0 saturated heterocycles. The van der Waals surface area contributed by atoms with Crippen LogP contribution in [0.1, 0.15) is 10.4 Å². The Hall–Kier alpha value is -2.17. The molecule has 4 nitrogen and oxygen atoms in total. The van der Waals surface area contributed by atoms with Crippen LogP contribution in [0.25, 0.3) is 0 Å². The minimum Gasteiger partial charge on any atom is -0.351 e. The normalized spacial score (nSPS) is 9.47. The summed E-state index contributed by atoms with van der Waals surface area (Å²) in [5, 5.41) is 4.81. The van der Waals surface area contributed by atoms with E-state index in [9.17, 15) is 14.0 Å². The van der Waals surface area contributed by atoms with Crippen molar-refractivity contribution in [3.8, 4) is 0 Å². The van der Waals surface area contributed by atoms with Gasteiger partial charge in [0.05, 0.1) is 12.1 Å². The third kappa shape index (κ3) is 4.06. The molecule has 1 aromatic carbocycles. The van der Waals surface area contributed by atoms with E-state index >= 15 is 0 Å². The molecule has 0 bridgehead atoms. The summed E-state index contributed by atoms with van der Waals surface area (Å²) >= 11 is 0. The Morgan fingerprint density at radius 2 is 2.00 bits per heavy atom. The quantitative estimate of drug-likeness (QED) is 0.745. The van der Waals surface area contributed by atoms with Gasteiger partial charge in [-0.3, -0.25) is 9.59 Å². The summed E-state index contributed by atoms with van der Waals surface area (Å²) in [6.45, 7) is 3.57. The van der Waals surface area contributed by atoms with Gasteiger partial charge in [-0.25, -0.2) is 4.39 Å². The van der Waals surface area contributed by atoms with Crippen molar-refractivity contribution in [2.45, 2.75) is 0 Å². The maximum absolute atomic E-state index is 13.2. The van der Waals surface area contributed by atoms with Crippen molar-refractivity contribution in [1.82, 2.24) is 10.6 Å². The van der Waals surface area contributed by atoms with Crippen LogP contribution in [-0.2, 0) is 4.79 Å². The predicted molar refractivity (Wildman–Crippen MR) is 61.9 cm³/mol. The van der Waals surface area contributed by atoms with E-state index in [0.29, 0.717) is 6.54 Å². The number of amides is 2. The molecule has 90 valence electrons. The lowest BCUT2D eigenvalue weighted by Crippen LogP contribution is -2.37. The molecule has 0 atom stereocenters. The summed E-state index contributed by atoms with van der Waals surface area (Å²) < 4.78 is 13.2. The molecular weight excluding hydrogens is 223 g/mol. The summed E-state index contributed by atoms with van der Waals surface area (Å²) in [7, 11) is 0. The first-order chi connectivity index (χ1) is 8.15. The fourth-order valence-corrected chi connectivity index (χ4v) is 1.15. The maximum atomic E-state index is 13.2. The van der Waals surface area contributed by atoms with E-state index in [1.807, 2.05) is 0 Å². The van der Waals surface area contributed by atoms with E-state index in [2.05, 4.69) is 17.2 Å². The van der Waals surface area contributed by atoms with Crippen molar-refractivity contribution < 1.29 is 14.0 Å². The Morgan fingerprint density at radius 3 is 2.65 bits per heavy atom. The number of hydrogen-bond donors (Lipinski definition) is 2. The minimum atomic E-state index is -0.614. The van der Waals surface area contributed by atoms with Crippen LogP contribution in [0.4, 0.5) is 4.39 Å². The Balaban J connectivity index is 2.48. The van der Waals surface area contributed by atoms with E-state index in [0.717, 1.165) is 0 Å². The summed E-state index contributed by atoms with van der Waals surface area (Å²) in [4.78, 5) is 22.6. The van der Waals surface area contributed by atoms with Crippen LogP contribution in [0.2, 0.25) is 0 Å². The fourth-order valence-electron chi connectivity index (χ4n) is 1.15. The largest absolute Gasteiger partial charge is 0.351 e. The van der Waals surface area contributed by atoms with Gasteiger partial charge in [0.15, 0.2) is 0 Å². The first kappa shape index (κ1) is 12.9. The second-order valence-electron chi connectivity index (χ2n) is 3.26. The third-order valence-corrected chi connectivity index (χ3v) is 1.97. The van der Waals surface area contributed by atoms with Crippen LogP contribution in [0.5, 0.6) is 0 Å². The third-order valence-electron chi connectivity index (χ3n) is 1.97. The molecule has 1 rings (SSSR count). The first-order valence-electron chi connectivity index (χ1n) is 5.05. The first-order valence-corrected chi connectivity index (χ1v) is 5.05. The molecule has 5 heteroatoms. The second-order valence-corrected chi connectivity index (χ2v) is 3.26. The van der Waals surface area contributed by atoms with Crippen molar-refractivity contribution in [2.24, 2.45) is 0 Å². The van der Waals surface area contributed by atoms with Gasteiger partial charge < -0.3 is 10.6 Å². The van der Waals surface area contributed by atoms with Gasteiger partial charge in [0.2, 0.25) is 5.91 Å². The highest BCUT2D eigenvalue weighted by Crippen LogP contribution is 2.05. The zero-order chi connectivity index (χ0) is 12.7. The van der Waals surface area contributed by atoms with E-state index in [4.69, 9.17) is 0 Å². The molecule has 0 aliphatic carbocycles. The van der Waals surface area contributed by atoms with Crippen LogP contribution in [-0.4, -0.2) is 24.9 Å². The Labute approximate surface area is 98.5 Å². The minimum absolute atomic E-state index is 0.0796. The van der Waals surface area contributed by atoms with Gasteiger partial charge in [0, 0.05) is 6.54 Å². The summed E-state index contributed by atoms with van der Waals surface area (Å²) in [5.41, 5.74) is -0.0796. The summed E-state index contributed by atoms with van der Waals surface area (Å²) in [6.07, 6.45) is 1.52. The van der Waals surface area contributed by atoms with Gasteiger partial charge in [0.1, 0.15) is 5.82 Å². The molecule has 0 saturated carbocycles. The average Bonchev–Trinajstić information content (AvgIpc) is 2.34. The molecule has 0 aliphatic heterocycles. The lowest BCUT2D eigenvalue weighted by Gasteiger charge is -2.05. The Morgan fingerprint density at radius 1 is 1.29 bits per heavy atom. The van der Waals surface area contributed by atoms with Gasteiger partial charge in [-0.1, -0.05) is 18.2 Å². The number of carbonyl (C=O) groups is 2. The van der Waals surface area contributed by atoms with Crippen LogP contribution in [0.15, 0.2) is 36.9 Å². The molecule has 0 aliphatic rings. The fraction of sp³-hybridized carbons (Fsp3) is 0.167. The van der Waals surface area contributed by atoms with Crippen molar-refractivity contribution in [3.63, 3.8) is 0 Å². The number of carbonyl (C=O) groups excluding carboxylic acids is 2. The van der Waals surface area contributed by atoms with Gasteiger partial charge >= 0.3 is 0 Å². The lowest BCUT2D eigenvalue weighted by molar-refractivity contribution is -0.119. The van der Waals surface area contributed by atoms with Crippen LogP contribution >= 0.6 is 0 Å². The molecule has 2 amide bonds. The predicted octanol–water partition coefficient (Wildman–Crippen LogP) is 0.858. The Bertz CT molecular complexity index is 432. The molecule has 0 radical (unpaired) electrons. The monoisotopic (exact) mass is 236 g/mol. The number of halogens is 1. The molecule has 17 heavy (non-hydrogen) atoms. The van der Waals surface area contributed by atoms with Gasteiger partial charge in [0.25, 0.3) is 5.91 Å². The van der Waals surface area contributed by atoms with Crippen molar-refractivity contribution in [3.05, 3.63) is 48.3 Å². The highest BCUT2D eigenvalue weighted by atomic mass is 19.1. The molecule has 0 spiro atoms. The zero-order valence-electron chi connectivity index (χ0n) is 9.20. The molecule has 0 fully saturated rings. The van der Waals surface area contributed by atoms with E-state index in [-0.39, 0.29) is 18.0 Å². The number of rotatable bonds is 5. The van der Waals surface area contributed by atoms with E-state index in [1.54, 1.807) is 6.07 Å². The molecule has 0 aromatic heterocycles. The molecule has 0 heterocycles. The number of hydrogen-bond acceptors (Lipinski definition) is 2. The van der Waals surface area contributed by atoms with Crippen LogP contribution in [0, 0.1) is 5.82 Å². The highest BCUT2D eigenvalue weighted by Gasteiger charge is 2.11. The highest BCUT2D eigenvalue weighted by molar-refractivity contribution is 5.96. The lowest BCUT2D eigenvalue weighted by atomic mass is 10.2. The molecule has 2 N–H and O–H groups in total. The smallest absolute Gasteiger partial charge is 0.254 e. The zero-order valence-corrected chi connectivity index (χ0v) is 9.20. The van der Waals surface area contributed by atoms with Gasteiger partial charge in [-0.05, 0) is 12.1 Å². The standard InChI is InChI=1S/C12H13FN2O2/c1-2-7-14-11(16)8-15-12(17)9-5-3-4-6-10(9)13/h2-6H,1,7-8H2,(H,14,16)(H,15,17). The van der Waals surface area contributed by atoms with Gasteiger partial charge in [-0.15, -0.1) is 6.58 Å². The van der Waals surface area contributed by atoms with E-state index < -0.39 is 11.7 Å². The molecule has 0 unspecified atom stereocenters. The summed E-state index contributed by atoms with van der Waals surface area (Å²) in [6, 6.07) is 5.58.